The molecule has 5 nitrogen and oxygen atoms in total. The van der Waals surface area contributed by atoms with Crippen molar-refractivity contribution >= 4 is 21.9 Å². The molecule has 7 heteroatoms. The molecule has 2 fully saturated rings. The Morgan fingerprint density at radius 3 is 2.59 bits per heavy atom. The van der Waals surface area contributed by atoms with E-state index < -0.39 is 0 Å². The fraction of sp³-hybridized carbons (Fsp3) is 0.545. The van der Waals surface area contributed by atoms with Gasteiger partial charge in [-0.1, -0.05) is 6.07 Å². The van der Waals surface area contributed by atoms with Gasteiger partial charge in [0.25, 0.3) is 0 Å². The van der Waals surface area contributed by atoms with Gasteiger partial charge in [-0.3, -0.25) is 0 Å². The third kappa shape index (κ3) is 5.32. The molecule has 1 aliphatic carbocycles. The van der Waals surface area contributed by atoms with Crippen molar-refractivity contribution in [3.05, 3.63) is 52.0 Å². The van der Waals surface area contributed by atoms with Crippen LogP contribution in [0.4, 0.5) is 10.3 Å². The number of benzene rings is 1. The Bertz CT molecular complexity index is 812. The molecule has 0 bridgehead atoms. The van der Waals surface area contributed by atoms with Gasteiger partial charge in [0.15, 0.2) is 0 Å². The predicted molar refractivity (Wildman–Crippen MR) is 113 cm³/mol. The zero-order chi connectivity index (χ0) is 20.2. The molecule has 0 N–H and O–H groups in total. The van der Waals surface area contributed by atoms with E-state index >= 15 is 0 Å². The summed E-state index contributed by atoms with van der Waals surface area (Å²) in [4.78, 5) is 11.3. The maximum Gasteiger partial charge on any atom is 0.225 e. The predicted octanol–water partition coefficient (Wildman–Crippen LogP) is 4.59. The average molecular weight is 464 g/mol. The van der Waals surface area contributed by atoms with Crippen molar-refractivity contribution < 1.29 is 13.9 Å². The van der Waals surface area contributed by atoms with Gasteiger partial charge in [0.2, 0.25) is 5.95 Å². The first kappa shape index (κ1) is 20.7. The van der Waals surface area contributed by atoms with E-state index in [1.807, 2.05) is 18.5 Å². The Labute approximate surface area is 179 Å². The van der Waals surface area contributed by atoms with Gasteiger partial charge < -0.3 is 14.4 Å². The van der Waals surface area contributed by atoms with Gasteiger partial charge in [0.1, 0.15) is 5.82 Å². The zero-order valence-electron chi connectivity index (χ0n) is 16.7. The molecule has 0 unspecified atom stereocenters. The summed E-state index contributed by atoms with van der Waals surface area (Å²) in [6.45, 7) is 3.81. The molecule has 2 heterocycles. The van der Waals surface area contributed by atoms with Crippen LogP contribution in [0.2, 0.25) is 0 Å². The van der Waals surface area contributed by atoms with E-state index in [4.69, 9.17) is 9.47 Å². The van der Waals surface area contributed by atoms with Gasteiger partial charge >= 0.3 is 0 Å². The van der Waals surface area contributed by atoms with Crippen LogP contribution in [0.25, 0.3) is 0 Å². The molecular weight excluding hydrogens is 437 g/mol. The van der Waals surface area contributed by atoms with E-state index in [1.165, 1.54) is 25.3 Å². The summed E-state index contributed by atoms with van der Waals surface area (Å²) in [5.74, 6) is 2.76. The molecule has 1 aromatic heterocycles. The van der Waals surface area contributed by atoms with Crippen LogP contribution < -0.4 is 4.90 Å². The second kappa shape index (κ2) is 9.49. The SMILES string of the molecule is COCc1cnc(N2CCC([C@H]3C[C@H]3COCc3ccc(Br)c(F)c3)CC2)nc1. The van der Waals surface area contributed by atoms with Crippen molar-refractivity contribution in [3.8, 4) is 0 Å². The lowest BCUT2D eigenvalue weighted by Crippen LogP contribution is -2.35. The van der Waals surface area contributed by atoms with Crippen LogP contribution in [0.1, 0.15) is 30.4 Å². The third-order valence-corrected chi connectivity index (χ3v) is 6.64. The van der Waals surface area contributed by atoms with Crippen molar-refractivity contribution in [3.63, 3.8) is 0 Å². The highest BCUT2D eigenvalue weighted by molar-refractivity contribution is 9.10. The van der Waals surface area contributed by atoms with Crippen molar-refractivity contribution in [2.24, 2.45) is 17.8 Å². The maximum absolute atomic E-state index is 13.6. The van der Waals surface area contributed by atoms with Crippen LogP contribution >= 0.6 is 15.9 Å². The topological polar surface area (TPSA) is 47.5 Å². The van der Waals surface area contributed by atoms with Crippen LogP contribution in [-0.2, 0) is 22.7 Å². The minimum atomic E-state index is -0.237. The molecule has 1 saturated carbocycles. The summed E-state index contributed by atoms with van der Waals surface area (Å²) in [5.41, 5.74) is 1.88. The summed E-state index contributed by atoms with van der Waals surface area (Å²) in [6.07, 6.45) is 7.32. The van der Waals surface area contributed by atoms with Crippen LogP contribution in [0.3, 0.4) is 0 Å². The number of rotatable bonds is 8. The molecule has 156 valence electrons. The molecule has 1 aromatic carbocycles. The number of hydrogen-bond acceptors (Lipinski definition) is 5. The van der Waals surface area contributed by atoms with Crippen LogP contribution in [0.5, 0.6) is 0 Å². The average Bonchev–Trinajstić information content (AvgIpc) is 3.51. The third-order valence-electron chi connectivity index (χ3n) is 5.99. The second-order valence-electron chi connectivity index (χ2n) is 8.07. The van der Waals surface area contributed by atoms with E-state index in [9.17, 15) is 4.39 Å². The minimum absolute atomic E-state index is 0.237. The first-order valence-corrected chi connectivity index (χ1v) is 11.0. The lowest BCUT2D eigenvalue weighted by molar-refractivity contribution is 0.104. The Hall–Kier alpha value is -1.57. The van der Waals surface area contributed by atoms with Gasteiger partial charge in [0, 0.05) is 38.2 Å². The molecule has 29 heavy (non-hydrogen) atoms. The molecule has 1 aliphatic heterocycles. The van der Waals surface area contributed by atoms with E-state index in [-0.39, 0.29) is 5.82 Å². The lowest BCUT2D eigenvalue weighted by atomic mass is 9.91. The minimum Gasteiger partial charge on any atom is -0.380 e. The highest BCUT2D eigenvalue weighted by Gasteiger charge is 2.43. The normalized spacial score (nSPS) is 22.1. The number of halogens is 2. The summed E-state index contributed by atoms with van der Waals surface area (Å²) >= 11 is 3.18. The van der Waals surface area contributed by atoms with Crippen molar-refractivity contribution in [1.29, 1.82) is 0 Å². The van der Waals surface area contributed by atoms with Gasteiger partial charge in [-0.05, 0) is 70.6 Å². The van der Waals surface area contributed by atoms with Crippen LogP contribution in [0.15, 0.2) is 35.1 Å². The van der Waals surface area contributed by atoms with E-state index in [0.717, 1.165) is 48.6 Å². The monoisotopic (exact) mass is 463 g/mol. The molecule has 2 aromatic rings. The van der Waals surface area contributed by atoms with E-state index in [0.29, 0.717) is 23.6 Å². The molecule has 2 atom stereocenters. The number of aromatic nitrogens is 2. The van der Waals surface area contributed by atoms with Gasteiger partial charge in [0.05, 0.1) is 24.3 Å². The fourth-order valence-electron chi connectivity index (χ4n) is 4.28. The molecule has 0 spiro atoms. The quantitative estimate of drug-likeness (QED) is 0.572. The highest BCUT2D eigenvalue weighted by atomic mass is 79.9. The van der Waals surface area contributed by atoms with Crippen molar-refractivity contribution in [2.75, 3.05) is 31.7 Å². The molecule has 4 rings (SSSR count). The largest absolute Gasteiger partial charge is 0.380 e. The van der Waals surface area contributed by atoms with E-state index in [2.05, 4.69) is 30.8 Å². The first-order valence-electron chi connectivity index (χ1n) is 10.2. The Morgan fingerprint density at radius 1 is 1.14 bits per heavy atom. The number of piperidine rings is 1. The molecule has 2 aliphatic rings. The number of nitrogens with zero attached hydrogens (tertiary/aromatic N) is 3. The van der Waals surface area contributed by atoms with Gasteiger partial charge in [-0.15, -0.1) is 0 Å². The van der Waals surface area contributed by atoms with Gasteiger partial charge in [-0.25, -0.2) is 14.4 Å². The maximum atomic E-state index is 13.6. The Kier molecular flexibility index (Phi) is 6.77. The highest BCUT2D eigenvalue weighted by Crippen LogP contribution is 2.48. The molecular formula is C22H27BrFN3O2. The standard InChI is InChI=1S/C22H27BrFN3O2/c1-28-12-16-10-25-22(26-11-16)27-6-4-17(5-7-27)19-9-18(19)14-29-13-15-2-3-20(23)21(24)8-15/h2-3,8,10-11,17-19H,4-7,9,12-14H2,1H3/t18-,19+/m0/s1. The second-order valence-corrected chi connectivity index (χ2v) is 8.93. The Balaban J connectivity index is 1.18. The number of ether oxygens (including phenoxy) is 2. The van der Waals surface area contributed by atoms with Crippen molar-refractivity contribution in [1.82, 2.24) is 9.97 Å². The molecule has 0 radical (unpaired) electrons. The number of anilines is 1. The van der Waals surface area contributed by atoms with Crippen LogP contribution in [0, 0.1) is 23.6 Å². The summed E-state index contributed by atoms with van der Waals surface area (Å²) in [7, 11) is 1.68. The van der Waals surface area contributed by atoms with Crippen molar-refractivity contribution in [2.45, 2.75) is 32.5 Å². The number of hydrogen-bond donors (Lipinski definition) is 0. The fourth-order valence-corrected chi connectivity index (χ4v) is 4.52. The first-order chi connectivity index (χ1) is 14.1. The van der Waals surface area contributed by atoms with Crippen LogP contribution in [-0.4, -0.2) is 36.8 Å². The van der Waals surface area contributed by atoms with Gasteiger partial charge in [-0.2, -0.15) is 0 Å². The zero-order valence-corrected chi connectivity index (χ0v) is 18.3. The summed E-state index contributed by atoms with van der Waals surface area (Å²) in [5, 5.41) is 0. The lowest BCUT2D eigenvalue weighted by Gasteiger charge is -2.32. The summed E-state index contributed by atoms with van der Waals surface area (Å²) < 4.78 is 25.0. The summed E-state index contributed by atoms with van der Waals surface area (Å²) in [6, 6.07) is 5.17. The molecule has 1 saturated heterocycles. The smallest absolute Gasteiger partial charge is 0.225 e. The Morgan fingerprint density at radius 2 is 1.90 bits per heavy atom. The number of methoxy groups -OCH3 is 1. The molecule has 0 amide bonds. The van der Waals surface area contributed by atoms with E-state index in [1.54, 1.807) is 13.2 Å².